The van der Waals surface area contributed by atoms with Crippen LogP contribution in [-0.4, -0.2) is 19.3 Å². The molecule has 120 valence electrons. The molecular weight excluding hydrogens is 292 g/mol. The van der Waals surface area contributed by atoms with Crippen LogP contribution in [-0.2, 0) is 4.79 Å². The highest BCUT2D eigenvalue weighted by Gasteiger charge is 2.13. The van der Waals surface area contributed by atoms with Crippen molar-refractivity contribution in [3.8, 4) is 11.5 Å². The van der Waals surface area contributed by atoms with Crippen LogP contribution in [0.4, 0.5) is 5.69 Å². The summed E-state index contributed by atoms with van der Waals surface area (Å²) in [6, 6.07) is 14.9. The number of methoxy groups -OCH3 is 1. The molecule has 2 aromatic carbocycles. The van der Waals surface area contributed by atoms with Crippen molar-refractivity contribution in [2.24, 2.45) is 11.0 Å². The summed E-state index contributed by atoms with van der Waals surface area (Å²) in [5, 5.41) is 4.17. The van der Waals surface area contributed by atoms with Gasteiger partial charge in [-0.1, -0.05) is 32.0 Å². The molecule has 23 heavy (non-hydrogen) atoms. The molecule has 0 saturated heterocycles. The van der Waals surface area contributed by atoms with Crippen LogP contribution >= 0.6 is 0 Å². The maximum atomic E-state index is 11.7. The number of hydrazone groups is 1. The number of hydrogen-bond donors (Lipinski definition) is 1. The van der Waals surface area contributed by atoms with Crippen LogP contribution in [0.3, 0.4) is 0 Å². The first-order valence-corrected chi connectivity index (χ1v) is 7.34. The van der Waals surface area contributed by atoms with Gasteiger partial charge in [-0.2, -0.15) is 5.10 Å². The van der Waals surface area contributed by atoms with Crippen molar-refractivity contribution in [3.05, 3.63) is 54.1 Å². The molecule has 0 fully saturated rings. The minimum atomic E-state index is -0.296. The lowest BCUT2D eigenvalue weighted by Gasteiger charge is -2.11. The van der Waals surface area contributed by atoms with Gasteiger partial charge in [0.1, 0.15) is 0 Å². The Morgan fingerprint density at radius 1 is 1.13 bits per heavy atom. The predicted octanol–water partition coefficient (Wildman–Crippen LogP) is 3.70. The molecule has 0 aliphatic carbocycles. The quantitative estimate of drug-likeness (QED) is 0.382. The van der Waals surface area contributed by atoms with Gasteiger partial charge in [0, 0.05) is 0 Å². The number of nitrogens with one attached hydrogen (secondary N) is 1. The van der Waals surface area contributed by atoms with Crippen molar-refractivity contribution in [2.45, 2.75) is 13.8 Å². The number of carbonyl (C=O) groups is 1. The minimum Gasteiger partial charge on any atom is -0.493 e. The highest BCUT2D eigenvalue weighted by atomic mass is 16.6. The van der Waals surface area contributed by atoms with Crippen LogP contribution in [0.15, 0.2) is 53.6 Å². The molecular formula is C18H20N2O3. The zero-order valence-electron chi connectivity index (χ0n) is 13.4. The minimum absolute atomic E-state index is 0.198. The Morgan fingerprint density at radius 2 is 1.87 bits per heavy atom. The van der Waals surface area contributed by atoms with Gasteiger partial charge in [0.05, 0.1) is 24.9 Å². The number of rotatable bonds is 6. The Balaban J connectivity index is 2.07. The summed E-state index contributed by atoms with van der Waals surface area (Å²) in [6.45, 7) is 3.57. The monoisotopic (exact) mass is 312 g/mol. The van der Waals surface area contributed by atoms with Crippen molar-refractivity contribution in [3.63, 3.8) is 0 Å². The summed E-state index contributed by atoms with van der Waals surface area (Å²) in [4.78, 5) is 11.7. The number of anilines is 1. The van der Waals surface area contributed by atoms with Crippen molar-refractivity contribution in [2.75, 3.05) is 12.5 Å². The summed E-state index contributed by atoms with van der Waals surface area (Å²) >= 11 is 0. The van der Waals surface area contributed by atoms with Crippen molar-refractivity contribution < 1.29 is 14.3 Å². The highest BCUT2D eigenvalue weighted by molar-refractivity contribution is 5.82. The van der Waals surface area contributed by atoms with Gasteiger partial charge >= 0.3 is 5.97 Å². The van der Waals surface area contributed by atoms with Gasteiger partial charge in [0.2, 0.25) is 0 Å². The highest BCUT2D eigenvalue weighted by Crippen LogP contribution is 2.28. The van der Waals surface area contributed by atoms with E-state index in [-0.39, 0.29) is 11.9 Å². The zero-order chi connectivity index (χ0) is 16.7. The van der Waals surface area contributed by atoms with E-state index in [0.717, 1.165) is 11.3 Å². The third-order valence-corrected chi connectivity index (χ3v) is 3.05. The van der Waals surface area contributed by atoms with E-state index in [4.69, 9.17) is 9.47 Å². The number of para-hydroxylation sites is 1. The second-order valence-electron chi connectivity index (χ2n) is 5.22. The molecule has 0 aliphatic heterocycles. The average Bonchev–Trinajstić information content (AvgIpc) is 2.56. The van der Waals surface area contributed by atoms with E-state index in [1.165, 1.54) is 7.11 Å². The molecule has 0 radical (unpaired) electrons. The number of nitrogens with zero attached hydrogens (tertiary/aromatic N) is 1. The lowest BCUT2D eigenvalue weighted by Crippen LogP contribution is -2.15. The first kappa shape index (κ1) is 16.5. The number of esters is 1. The Kier molecular flexibility index (Phi) is 5.74. The second kappa shape index (κ2) is 7.98. The van der Waals surface area contributed by atoms with E-state index in [0.29, 0.717) is 11.5 Å². The first-order chi connectivity index (χ1) is 11.1. The largest absolute Gasteiger partial charge is 0.493 e. The SMILES string of the molecule is COc1cc(C=NNc2ccccc2)ccc1OC(=O)C(C)C. The second-order valence-corrected chi connectivity index (χ2v) is 5.22. The molecule has 0 bridgehead atoms. The van der Waals surface area contributed by atoms with Gasteiger partial charge in [-0.15, -0.1) is 0 Å². The van der Waals surface area contributed by atoms with Crippen LogP contribution in [0.5, 0.6) is 11.5 Å². The molecule has 0 saturated carbocycles. The standard InChI is InChI=1S/C18H20N2O3/c1-13(2)18(21)23-16-10-9-14(11-17(16)22-3)12-19-20-15-7-5-4-6-8-15/h4-13,20H,1-3H3. The third kappa shape index (κ3) is 4.85. The maximum absolute atomic E-state index is 11.7. The number of carbonyl (C=O) groups excluding carboxylic acids is 1. The fraction of sp³-hybridized carbons (Fsp3) is 0.222. The van der Waals surface area contributed by atoms with Crippen LogP contribution in [0, 0.1) is 5.92 Å². The molecule has 0 amide bonds. The molecule has 0 unspecified atom stereocenters. The van der Waals surface area contributed by atoms with Crippen molar-refractivity contribution in [1.82, 2.24) is 0 Å². The van der Waals surface area contributed by atoms with Gasteiger partial charge < -0.3 is 9.47 Å². The molecule has 0 aromatic heterocycles. The van der Waals surface area contributed by atoms with Crippen molar-refractivity contribution >= 4 is 17.9 Å². The fourth-order valence-electron chi connectivity index (χ4n) is 1.77. The smallest absolute Gasteiger partial charge is 0.313 e. The summed E-state index contributed by atoms with van der Waals surface area (Å²) in [5.74, 6) is 0.397. The Hall–Kier alpha value is -2.82. The van der Waals surface area contributed by atoms with Crippen LogP contribution < -0.4 is 14.9 Å². The van der Waals surface area contributed by atoms with E-state index in [9.17, 15) is 4.79 Å². The molecule has 0 heterocycles. The Morgan fingerprint density at radius 3 is 2.52 bits per heavy atom. The molecule has 1 N–H and O–H groups in total. The lowest BCUT2D eigenvalue weighted by atomic mass is 10.2. The van der Waals surface area contributed by atoms with E-state index in [1.54, 1.807) is 32.2 Å². The molecule has 0 spiro atoms. The Bertz CT molecular complexity index is 682. The van der Waals surface area contributed by atoms with Gasteiger partial charge in [0.25, 0.3) is 0 Å². The van der Waals surface area contributed by atoms with Crippen LogP contribution in [0.1, 0.15) is 19.4 Å². The van der Waals surface area contributed by atoms with E-state index < -0.39 is 0 Å². The maximum Gasteiger partial charge on any atom is 0.313 e. The molecule has 0 aliphatic rings. The topological polar surface area (TPSA) is 59.9 Å². The van der Waals surface area contributed by atoms with E-state index in [2.05, 4.69) is 10.5 Å². The lowest BCUT2D eigenvalue weighted by molar-refractivity contribution is -0.137. The third-order valence-electron chi connectivity index (χ3n) is 3.05. The molecule has 2 rings (SSSR count). The fourth-order valence-corrected chi connectivity index (χ4v) is 1.77. The average molecular weight is 312 g/mol. The zero-order valence-corrected chi connectivity index (χ0v) is 13.4. The normalized spacial score (nSPS) is 10.8. The van der Waals surface area contributed by atoms with Gasteiger partial charge in [-0.25, -0.2) is 0 Å². The first-order valence-electron chi connectivity index (χ1n) is 7.34. The van der Waals surface area contributed by atoms with Crippen molar-refractivity contribution in [1.29, 1.82) is 0 Å². The summed E-state index contributed by atoms with van der Waals surface area (Å²) in [6.07, 6.45) is 1.67. The molecule has 0 atom stereocenters. The number of hydrogen-bond acceptors (Lipinski definition) is 5. The Labute approximate surface area is 135 Å². The van der Waals surface area contributed by atoms with E-state index >= 15 is 0 Å². The number of ether oxygens (including phenoxy) is 2. The summed E-state index contributed by atoms with van der Waals surface area (Å²) < 4.78 is 10.6. The molecule has 2 aromatic rings. The van der Waals surface area contributed by atoms with Crippen LogP contribution in [0.25, 0.3) is 0 Å². The van der Waals surface area contributed by atoms with Gasteiger partial charge in [-0.3, -0.25) is 10.2 Å². The number of benzene rings is 2. The predicted molar refractivity (Wildman–Crippen MR) is 91.1 cm³/mol. The van der Waals surface area contributed by atoms with Crippen LogP contribution in [0.2, 0.25) is 0 Å². The molecule has 5 heteroatoms. The van der Waals surface area contributed by atoms with E-state index in [1.807, 2.05) is 36.4 Å². The summed E-state index contributed by atoms with van der Waals surface area (Å²) in [7, 11) is 1.53. The van der Waals surface area contributed by atoms with Gasteiger partial charge in [0.15, 0.2) is 11.5 Å². The molecule has 5 nitrogen and oxygen atoms in total. The summed E-state index contributed by atoms with van der Waals surface area (Å²) in [5.41, 5.74) is 4.67. The van der Waals surface area contributed by atoms with Gasteiger partial charge in [-0.05, 0) is 35.9 Å².